The fourth-order valence-electron chi connectivity index (χ4n) is 4.12. The van der Waals surface area contributed by atoms with Crippen LogP contribution in [0.4, 0.5) is 5.69 Å². The molecule has 0 unspecified atom stereocenters. The molecule has 0 fully saturated rings. The summed E-state index contributed by atoms with van der Waals surface area (Å²) < 4.78 is 15.6. The Morgan fingerprint density at radius 2 is 1.00 bits per heavy atom. The molecule has 0 saturated heterocycles. The molecule has 37 heavy (non-hydrogen) atoms. The zero-order chi connectivity index (χ0) is 25.1. The van der Waals surface area contributed by atoms with E-state index in [9.17, 15) is 4.57 Å². The molecular weight excluding hydrogens is 530 g/mol. The maximum Gasteiger partial charge on any atom is 0.180 e. The zero-order valence-electron chi connectivity index (χ0n) is 19.7. The van der Waals surface area contributed by atoms with Crippen molar-refractivity contribution in [1.29, 1.82) is 0 Å². The van der Waals surface area contributed by atoms with Crippen LogP contribution in [0.15, 0.2) is 132 Å². The molecule has 0 saturated carbocycles. The number of hydrogen-bond donors (Lipinski definition) is 0. The number of nitrogens with zero attached hydrogens (tertiary/aromatic N) is 1. The van der Waals surface area contributed by atoms with Crippen LogP contribution in [0.5, 0.6) is 0 Å². The van der Waals surface area contributed by atoms with Crippen molar-refractivity contribution in [2.45, 2.75) is 0 Å². The molecule has 0 N–H and O–H groups in total. The summed E-state index contributed by atoms with van der Waals surface area (Å²) in [4.78, 5) is 10.5. The molecule has 0 amide bonds. The van der Waals surface area contributed by atoms with E-state index in [0.29, 0.717) is 0 Å². The van der Waals surface area contributed by atoms with Gasteiger partial charge < -0.3 is 4.57 Å². The van der Waals surface area contributed by atoms with E-state index in [2.05, 4.69) is 35.3 Å². The van der Waals surface area contributed by atoms with E-state index in [4.69, 9.17) is 0 Å². The summed E-state index contributed by atoms with van der Waals surface area (Å²) in [5, 5.41) is 1.73. The van der Waals surface area contributed by atoms with Crippen LogP contribution in [0.3, 0.4) is 0 Å². The molecule has 6 heteroatoms. The van der Waals surface area contributed by atoms with Gasteiger partial charge in [-0.3, -0.25) is 4.99 Å². The van der Waals surface area contributed by atoms with Crippen molar-refractivity contribution in [2.75, 3.05) is 0 Å². The monoisotopic (exact) mass is 551 g/mol. The van der Waals surface area contributed by atoms with Crippen molar-refractivity contribution < 1.29 is 4.57 Å². The number of para-hydroxylation sites is 1. The molecule has 2 nitrogen and oxygen atoms in total. The molecule has 3 heterocycles. The molecule has 0 aliphatic heterocycles. The molecule has 0 atom stereocenters. The lowest BCUT2D eigenvalue weighted by Gasteiger charge is -2.17. The molecule has 3 aromatic carbocycles. The highest BCUT2D eigenvalue weighted by Crippen LogP contribution is 2.47. The Kier molecular flexibility index (Phi) is 6.86. The minimum Gasteiger partial charge on any atom is -0.308 e. The van der Waals surface area contributed by atoms with Crippen LogP contribution in [0, 0.1) is 0 Å². The molecule has 0 aliphatic rings. The first kappa shape index (κ1) is 24.0. The van der Waals surface area contributed by atoms with Crippen LogP contribution in [0.2, 0.25) is 0 Å². The Hall–Kier alpha value is -3.34. The van der Waals surface area contributed by atoms with Crippen molar-refractivity contribution in [1.82, 2.24) is 0 Å². The quantitative estimate of drug-likeness (QED) is 0.144. The SMILES string of the molecule is O=P(c1ccccc1)(c1ccccc1)c1ccc(-c2ccc(-c3ccc(C=Nc4ccccc4)s3)s2)s1. The Morgan fingerprint density at radius 1 is 0.514 bits per heavy atom. The van der Waals surface area contributed by atoms with E-state index in [-0.39, 0.29) is 0 Å². The Labute approximate surface area is 228 Å². The number of aliphatic imine (C=N–C) groups is 1. The molecule has 0 bridgehead atoms. The van der Waals surface area contributed by atoms with Gasteiger partial charge in [0, 0.05) is 41.2 Å². The van der Waals surface area contributed by atoms with Gasteiger partial charge in [0.1, 0.15) is 0 Å². The molecule has 0 spiro atoms. The summed E-state index contributed by atoms with van der Waals surface area (Å²) in [6.45, 7) is 0. The third-order valence-electron chi connectivity index (χ3n) is 5.96. The average molecular weight is 552 g/mol. The lowest BCUT2D eigenvalue weighted by Crippen LogP contribution is -2.22. The van der Waals surface area contributed by atoms with Crippen LogP contribution < -0.4 is 15.2 Å². The van der Waals surface area contributed by atoms with E-state index < -0.39 is 7.14 Å². The molecule has 6 aromatic rings. The van der Waals surface area contributed by atoms with Gasteiger partial charge in [-0.2, -0.15) is 0 Å². The highest BCUT2D eigenvalue weighted by atomic mass is 32.1. The predicted octanol–water partition coefficient (Wildman–Crippen LogP) is 8.60. The van der Waals surface area contributed by atoms with Gasteiger partial charge in [-0.15, -0.1) is 34.0 Å². The summed E-state index contributed by atoms with van der Waals surface area (Å²) in [6.07, 6.45) is 1.92. The second kappa shape index (κ2) is 10.6. The van der Waals surface area contributed by atoms with E-state index >= 15 is 0 Å². The number of thiophene rings is 3. The summed E-state index contributed by atoms with van der Waals surface area (Å²) in [6, 6.07) is 42.5. The Balaban J connectivity index is 1.29. The summed E-state index contributed by atoms with van der Waals surface area (Å²) in [5.74, 6) is 0. The van der Waals surface area contributed by atoms with E-state index in [1.807, 2.05) is 103 Å². The van der Waals surface area contributed by atoms with E-state index in [1.54, 1.807) is 34.0 Å². The maximum absolute atomic E-state index is 14.7. The summed E-state index contributed by atoms with van der Waals surface area (Å²) in [5.41, 5.74) is 0.952. The van der Waals surface area contributed by atoms with Gasteiger partial charge in [-0.25, -0.2) is 0 Å². The van der Waals surface area contributed by atoms with Crippen LogP contribution in [0.25, 0.3) is 19.5 Å². The van der Waals surface area contributed by atoms with E-state index in [0.717, 1.165) is 30.7 Å². The van der Waals surface area contributed by atoms with Gasteiger partial charge in [0.15, 0.2) is 7.14 Å². The van der Waals surface area contributed by atoms with Crippen molar-refractivity contribution in [2.24, 2.45) is 4.99 Å². The predicted molar refractivity (Wildman–Crippen MR) is 164 cm³/mol. The van der Waals surface area contributed by atoms with Gasteiger partial charge >= 0.3 is 0 Å². The van der Waals surface area contributed by atoms with Crippen LogP contribution in [-0.4, -0.2) is 6.21 Å². The second-order valence-corrected chi connectivity index (χ2v) is 14.7. The maximum atomic E-state index is 14.7. The van der Waals surface area contributed by atoms with Gasteiger partial charge in [0.25, 0.3) is 0 Å². The van der Waals surface area contributed by atoms with Gasteiger partial charge in [0.05, 0.1) is 10.3 Å². The van der Waals surface area contributed by atoms with Crippen LogP contribution in [0.1, 0.15) is 4.88 Å². The Bertz CT molecular complexity index is 1660. The lowest BCUT2D eigenvalue weighted by molar-refractivity contribution is 0.593. The third kappa shape index (κ3) is 4.96. The molecule has 6 rings (SSSR count). The standard InChI is InChI=1S/C31H22NOPS3/c33-34(24-12-6-2-7-13-24,25-14-8-3-9-15-25)31-21-20-30(37-31)29-19-18-28(36-29)27-17-16-26(35-27)22-32-23-10-4-1-5-11-23/h1-22H. The smallest absolute Gasteiger partial charge is 0.180 e. The Morgan fingerprint density at radius 3 is 1.62 bits per heavy atom. The highest BCUT2D eigenvalue weighted by molar-refractivity contribution is 7.89. The molecule has 0 radical (unpaired) electrons. The second-order valence-electron chi connectivity index (χ2n) is 8.38. The normalized spacial score (nSPS) is 11.8. The fraction of sp³-hybridized carbons (Fsp3) is 0. The average Bonchev–Trinajstić information content (AvgIpc) is 3.74. The largest absolute Gasteiger partial charge is 0.308 e. The third-order valence-corrected chi connectivity index (χ3v) is 13.2. The van der Waals surface area contributed by atoms with Gasteiger partial charge in [-0.05, 0) is 48.5 Å². The topological polar surface area (TPSA) is 29.4 Å². The zero-order valence-corrected chi connectivity index (χ0v) is 23.1. The first-order valence-corrected chi connectivity index (χ1v) is 16.0. The number of rotatable bonds is 7. The fourth-order valence-corrected chi connectivity index (χ4v) is 10.6. The van der Waals surface area contributed by atoms with Crippen molar-refractivity contribution >= 4 is 68.3 Å². The molecule has 180 valence electrons. The summed E-state index contributed by atoms with van der Waals surface area (Å²) >= 11 is 5.14. The van der Waals surface area contributed by atoms with Gasteiger partial charge in [0.2, 0.25) is 0 Å². The van der Waals surface area contributed by atoms with Crippen LogP contribution >= 0.6 is 41.2 Å². The lowest BCUT2D eigenvalue weighted by atomic mass is 10.3. The number of benzene rings is 3. The van der Waals surface area contributed by atoms with Crippen molar-refractivity contribution in [3.8, 4) is 19.5 Å². The molecular formula is C31H22NOPS3. The molecule has 0 aliphatic carbocycles. The van der Waals surface area contributed by atoms with Crippen molar-refractivity contribution in [3.63, 3.8) is 0 Å². The number of hydrogen-bond acceptors (Lipinski definition) is 5. The van der Waals surface area contributed by atoms with E-state index in [1.165, 1.54) is 14.6 Å². The van der Waals surface area contributed by atoms with Crippen LogP contribution in [-0.2, 0) is 4.57 Å². The summed E-state index contributed by atoms with van der Waals surface area (Å²) in [7, 11) is -2.95. The minimum absolute atomic E-state index is 0.866. The van der Waals surface area contributed by atoms with Gasteiger partial charge in [-0.1, -0.05) is 78.9 Å². The molecule has 3 aromatic heterocycles. The first-order chi connectivity index (χ1) is 18.2. The minimum atomic E-state index is -2.95. The highest BCUT2D eigenvalue weighted by Gasteiger charge is 2.31. The first-order valence-electron chi connectivity index (χ1n) is 11.8. The van der Waals surface area contributed by atoms with Crippen molar-refractivity contribution in [3.05, 3.63) is 132 Å².